The Hall–Kier alpha value is -4.12. The summed E-state index contributed by atoms with van der Waals surface area (Å²) in [6.07, 6.45) is 1.70. The van der Waals surface area contributed by atoms with Crippen LogP contribution in [-0.2, 0) is 16.0 Å². The normalized spacial score (nSPS) is 19.2. The van der Waals surface area contributed by atoms with Gasteiger partial charge in [-0.1, -0.05) is 0 Å². The summed E-state index contributed by atoms with van der Waals surface area (Å²) in [4.78, 5) is 28.8. The number of fused-ring (bicyclic) bond motifs is 2. The first-order chi connectivity index (χ1) is 18.7. The second kappa shape index (κ2) is 10.9. The Labute approximate surface area is 227 Å². The fraction of sp³-hybridized carbons (Fsp3) is 0.429. The molecule has 0 radical (unpaired) electrons. The van der Waals surface area contributed by atoms with E-state index in [0.717, 1.165) is 0 Å². The quantitative estimate of drug-likeness (QED) is 0.484. The Kier molecular flexibility index (Phi) is 7.82. The molecule has 210 valence electrons. The van der Waals surface area contributed by atoms with Crippen molar-refractivity contribution in [2.75, 3.05) is 49.3 Å². The number of piperazine rings is 1. The van der Waals surface area contributed by atoms with E-state index < -0.39 is 30.5 Å². The molecule has 0 spiro atoms. The monoisotopic (exact) mass is 542 g/mol. The SMILES string of the molecule is COc1cc(/C=C2/NC(=O)[C@@H]3Cc4c(OC)c(C)c(OC)c(OC)c4[C@@H](CO)N3C2=O)c(OC)c(C)c1OC. The van der Waals surface area contributed by atoms with Crippen LogP contribution in [0.25, 0.3) is 6.08 Å². The van der Waals surface area contributed by atoms with Crippen molar-refractivity contribution >= 4 is 17.9 Å². The van der Waals surface area contributed by atoms with Crippen molar-refractivity contribution < 1.29 is 43.1 Å². The minimum Gasteiger partial charge on any atom is -0.496 e. The average molecular weight is 543 g/mol. The lowest BCUT2D eigenvalue weighted by atomic mass is 9.83. The van der Waals surface area contributed by atoms with Gasteiger partial charge in [-0.25, -0.2) is 0 Å². The molecule has 4 rings (SSSR count). The number of nitrogens with zero attached hydrogens (tertiary/aromatic N) is 1. The van der Waals surface area contributed by atoms with Crippen molar-refractivity contribution in [1.29, 1.82) is 0 Å². The van der Waals surface area contributed by atoms with Gasteiger partial charge in [0, 0.05) is 34.2 Å². The van der Waals surface area contributed by atoms with Gasteiger partial charge in [0.2, 0.25) is 5.91 Å². The number of rotatable bonds is 8. The maximum Gasteiger partial charge on any atom is 0.271 e. The zero-order valence-corrected chi connectivity index (χ0v) is 23.4. The smallest absolute Gasteiger partial charge is 0.271 e. The van der Waals surface area contributed by atoms with Crippen LogP contribution >= 0.6 is 0 Å². The Morgan fingerprint density at radius 2 is 1.46 bits per heavy atom. The van der Waals surface area contributed by atoms with Gasteiger partial charge in [0.15, 0.2) is 23.0 Å². The van der Waals surface area contributed by atoms with E-state index >= 15 is 0 Å². The topological polar surface area (TPSA) is 125 Å². The minimum absolute atomic E-state index is 0.0214. The number of carbonyl (C=O) groups excluding carboxylic acids is 2. The fourth-order valence-electron chi connectivity index (χ4n) is 5.71. The van der Waals surface area contributed by atoms with Crippen LogP contribution in [0.3, 0.4) is 0 Å². The molecule has 2 aliphatic rings. The second-order valence-electron chi connectivity index (χ2n) is 9.15. The summed E-state index contributed by atoms with van der Waals surface area (Å²) in [6.45, 7) is 3.17. The lowest BCUT2D eigenvalue weighted by molar-refractivity contribution is -0.147. The van der Waals surface area contributed by atoms with Crippen molar-refractivity contribution in [2.24, 2.45) is 0 Å². The van der Waals surface area contributed by atoms with Crippen LogP contribution < -0.4 is 33.7 Å². The number of methoxy groups -OCH3 is 6. The number of ether oxygens (including phenoxy) is 6. The highest BCUT2D eigenvalue weighted by Gasteiger charge is 2.48. The number of nitrogens with one attached hydrogen (secondary N) is 1. The van der Waals surface area contributed by atoms with Crippen molar-refractivity contribution in [3.05, 3.63) is 39.6 Å². The highest BCUT2D eigenvalue weighted by Crippen LogP contribution is 2.51. The second-order valence-corrected chi connectivity index (χ2v) is 9.15. The maximum absolute atomic E-state index is 14.0. The van der Waals surface area contributed by atoms with Gasteiger partial charge in [-0.15, -0.1) is 0 Å². The zero-order chi connectivity index (χ0) is 28.6. The van der Waals surface area contributed by atoms with E-state index in [1.54, 1.807) is 13.0 Å². The van der Waals surface area contributed by atoms with Gasteiger partial charge in [0.25, 0.3) is 5.91 Å². The molecule has 0 saturated carbocycles. The van der Waals surface area contributed by atoms with Crippen LogP contribution in [0.1, 0.15) is 33.9 Å². The first-order valence-corrected chi connectivity index (χ1v) is 12.3. The summed E-state index contributed by atoms with van der Waals surface area (Å²) >= 11 is 0. The van der Waals surface area contributed by atoms with E-state index in [1.807, 2.05) is 6.92 Å². The predicted molar refractivity (Wildman–Crippen MR) is 142 cm³/mol. The average Bonchev–Trinajstić information content (AvgIpc) is 2.93. The minimum atomic E-state index is -0.895. The summed E-state index contributed by atoms with van der Waals surface area (Å²) in [5.41, 5.74) is 3.10. The highest BCUT2D eigenvalue weighted by atomic mass is 16.5. The first-order valence-electron chi connectivity index (χ1n) is 12.3. The summed E-state index contributed by atoms with van der Waals surface area (Å²) in [7, 11) is 9.07. The van der Waals surface area contributed by atoms with E-state index in [2.05, 4.69) is 5.32 Å². The maximum atomic E-state index is 14.0. The Bertz CT molecular complexity index is 1350. The van der Waals surface area contributed by atoms with Gasteiger partial charge in [-0.2, -0.15) is 0 Å². The molecule has 0 unspecified atom stereocenters. The van der Waals surface area contributed by atoms with Crippen LogP contribution in [0.2, 0.25) is 0 Å². The third kappa shape index (κ3) is 4.26. The van der Waals surface area contributed by atoms with Crippen LogP contribution in [-0.4, -0.2) is 77.1 Å². The Morgan fingerprint density at radius 1 is 0.872 bits per heavy atom. The van der Waals surface area contributed by atoms with Gasteiger partial charge in [0.05, 0.1) is 55.3 Å². The third-order valence-corrected chi connectivity index (χ3v) is 7.33. The number of aliphatic hydroxyl groups excluding tert-OH is 1. The molecule has 1 saturated heterocycles. The van der Waals surface area contributed by atoms with Gasteiger partial charge >= 0.3 is 0 Å². The molecule has 11 nitrogen and oxygen atoms in total. The molecule has 2 aliphatic heterocycles. The van der Waals surface area contributed by atoms with Crippen LogP contribution in [0.4, 0.5) is 0 Å². The summed E-state index contributed by atoms with van der Waals surface area (Å²) in [5.74, 6) is 1.86. The van der Waals surface area contributed by atoms with Crippen molar-refractivity contribution in [2.45, 2.75) is 32.4 Å². The van der Waals surface area contributed by atoms with Crippen LogP contribution in [0.5, 0.6) is 34.5 Å². The molecule has 2 amide bonds. The first kappa shape index (κ1) is 27.9. The lowest BCUT2D eigenvalue weighted by Gasteiger charge is -2.45. The largest absolute Gasteiger partial charge is 0.496 e. The number of aliphatic hydroxyl groups is 1. The van der Waals surface area contributed by atoms with Crippen molar-refractivity contribution in [1.82, 2.24) is 10.2 Å². The molecule has 0 aromatic heterocycles. The van der Waals surface area contributed by atoms with Gasteiger partial charge in [-0.05, 0) is 26.0 Å². The number of benzene rings is 2. The molecule has 39 heavy (non-hydrogen) atoms. The van der Waals surface area contributed by atoms with Gasteiger partial charge in [-0.3, -0.25) is 9.59 Å². The lowest BCUT2D eigenvalue weighted by Crippen LogP contribution is -2.61. The number of hydrogen-bond acceptors (Lipinski definition) is 9. The molecule has 0 aliphatic carbocycles. The van der Waals surface area contributed by atoms with E-state index in [1.165, 1.54) is 53.6 Å². The van der Waals surface area contributed by atoms with Crippen LogP contribution in [0, 0.1) is 13.8 Å². The molecular weight excluding hydrogens is 508 g/mol. The van der Waals surface area contributed by atoms with Gasteiger partial charge < -0.3 is 43.7 Å². The van der Waals surface area contributed by atoms with Gasteiger partial charge in [0.1, 0.15) is 23.2 Å². The summed E-state index contributed by atoms with van der Waals surface area (Å²) < 4.78 is 33.6. The fourth-order valence-corrected chi connectivity index (χ4v) is 5.71. The molecule has 2 N–H and O–H groups in total. The van der Waals surface area contributed by atoms with Crippen molar-refractivity contribution in [3.8, 4) is 34.5 Å². The van der Waals surface area contributed by atoms with E-state index in [9.17, 15) is 14.7 Å². The molecule has 2 aromatic rings. The predicted octanol–water partition coefficient (Wildman–Crippen LogP) is 2.31. The molecule has 2 atom stereocenters. The number of hydrogen-bond donors (Lipinski definition) is 2. The molecule has 2 heterocycles. The zero-order valence-electron chi connectivity index (χ0n) is 23.4. The van der Waals surface area contributed by atoms with E-state index in [0.29, 0.717) is 62.3 Å². The van der Waals surface area contributed by atoms with Crippen LogP contribution in [0.15, 0.2) is 11.8 Å². The van der Waals surface area contributed by atoms with E-state index in [4.69, 9.17) is 28.4 Å². The molecule has 11 heteroatoms. The molecule has 0 bridgehead atoms. The summed E-state index contributed by atoms with van der Waals surface area (Å²) in [5, 5.41) is 13.3. The van der Waals surface area contributed by atoms with Crippen molar-refractivity contribution in [3.63, 3.8) is 0 Å². The molecular formula is C28H34N2O9. The Balaban J connectivity index is 1.89. The standard InChI is InChI=1S/C28H34N2O9/c1-13-22(35-4)15(10-20(34-3)24(13)37-6)9-17-28(33)30-18(27(32)29-17)11-16-21(19(30)12-31)26(39-8)25(38-7)14(2)23(16)36-5/h9-10,18-19,31H,11-12H2,1-8H3,(H,29,32)/b17-9+/t18-,19+/m0/s1. The van der Waals surface area contributed by atoms with E-state index in [-0.39, 0.29) is 12.1 Å². The number of amides is 2. The molecule has 2 aromatic carbocycles. The third-order valence-electron chi connectivity index (χ3n) is 7.33. The number of carbonyl (C=O) groups is 2. The highest BCUT2D eigenvalue weighted by molar-refractivity contribution is 6.08. The Morgan fingerprint density at radius 3 is 2.00 bits per heavy atom. The molecule has 1 fully saturated rings. The summed E-state index contributed by atoms with van der Waals surface area (Å²) in [6, 6.07) is -0.104.